The summed E-state index contributed by atoms with van der Waals surface area (Å²) in [4.78, 5) is 17.5. The first-order chi connectivity index (χ1) is 15.3. The number of benzene rings is 2. The Morgan fingerprint density at radius 3 is 2.44 bits per heavy atom. The molecule has 2 aromatic heterocycles. The summed E-state index contributed by atoms with van der Waals surface area (Å²) in [6, 6.07) is 17.6. The molecule has 0 bridgehead atoms. The largest absolute Gasteiger partial charge is 0.309 e. The lowest BCUT2D eigenvalue weighted by Crippen LogP contribution is -2.35. The van der Waals surface area contributed by atoms with Gasteiger partial charge >= 0.3 is 0 Å². The third-order valence-electron chi connectivity index (χ3n) is 5.04. The highest BCUT2D eigenvalue weighted by molar-refractivity contribution is 7.89. The fourth-order valence-corrected chi connectivity index (χ4v) is 4.49. The van der Waals surface area contributed by atoms with Gasteiger partial charge in [-0.25, -0.2) is 17.8 Å². The number of nitrogens with zero attached hydrogens (tertiary/aromatic N) is 3. The summed E-state index contributed by atoms with van der Waals surface area (Å²) < 4.78 is 41.3. The molecular weight excluding hydrogens is 431 g/mol. The highest BCUT2D eigenvalue weighted by Crippen LogP contribution is 2.29. The maximum Gasteiger partial charge on any atom is 0.243 e. The van der Waals surface area contributed by atoms with E-state index in [4.69, 9.17) is 4.98 Å². The van der Waals surface area contributed by atoms with Crippen LogP contribution in [-0.2, 0) is 14.8 Å². The summed E-state index contributed by atoms with van der Waals surface area (Å²) >= 11 is 0. The van der Waals surface area contributed by atoms with Crippen molar-refractivity contribution in [1.82, 2.24) is 13.7 Å². The van der Waals surface area contributed by atoms with Gasteiger partial charge in [-0.2, -0.15) is 4.31 Å². The van der Waals surface area contributed by atoms with Crippen molar-refractivity contribution in [2.45, 2.75) is 11.8 Å². The SMILES string of the molecule is Cc1cccn2c(NC(=O)CN(C)S(=O)(=O)c3ccc(F)cc3)c(-c3ccccc3)nc12. The summed E-state index contributed by atoms with van der Waals surface area (Å²) in [5, 5.41) is 2.82. The second-order valence-corrected chi connectivity index (χ2v) is 9.37. The van der Waals surface area contributed by atoms with Gasteiger partial charge in [0.2, 0.25) is 15.9 Å². The summed E-state index contributed by atoms with van der Waals surface area (Å²) in [5.74, 6) is -0.619. The molecule has 1 amide bonds. The first-order valence-corrected chi connectivity index (χ1v) is 11.3. The van der Waals surface area contributed by atoms with Crippen molar-refractivity contribution in [1.29, 1.82) is 0 Å². The number of nitrogens with one attached hydrogen (secondary N) is 1. The van der Waals surface area contributed by atoms with E-state index in [0.29, 0.717) is 17.2 Å². The van der Waals surface area contributed by atoms with Crippen LogP contribution in [0, 0.1) is 12.7 Å². The molecule has 1 N–H and O–H groups in total. The number of pyridine rings is 1. The third kappa shape index (κ3) is 4.12. The monoisotopic (exact) mass is 452 g/mol. The Morgan fingerprint density at radius 2 is 1.75 bits per heavy atom. The predicted molar refractivity (Wildman–Crippen MR) is 120 cm³/mol. The Balaban J connectivity index is 1.64. The van der Waals surface area contributed by atoms with Gasteiger partial charge in [0, 0.05) is 18.8 Å². The number of aromatic nitrogens is 2. The van der Waals surface area contributed by atoms with Crippen LogP contribution in [0.25, 0.3) is 16.9 Å². The van der Waals surface area contributed by atoms with E-state index in [9.17, 15) is 17.6 Å². The molecule has 0 saturated carbocycles. The molecule has 2 aromatic carbocycles. The van der Waals surface area contributed by atoms with Crippen LogP contribution in [0.2, 0.25) is 0 Å². The summed E-state index contributed by atoms with van der Waals surface area (Å²) in [6.07, 6.45) is 1.79. The number of carbonyl (C=O) groups is 1. The van der Waals surface area contributed by atoms with Crippen molar-refractivity contribution in [3.8, 4) is 11.3 Å². The first kappa shape index (κ1) is 21.7. The van der Waals surface area contributed by atoms with Crippen LogP contribution in [0.1, 0.15) is 5.56 Å². The summed E-state index contributed by atoms with van der Waals surface area (Å²) in [7, 11) is -2.66. The van der Waals surface area contributed by atoms with E-state index in [0.717, 1.165) is 27.6 Å². The molecule has 9 heteroatoms. The Kier molecular flexibility index (Phi) is 5.77. The number of fused-ring (bicyclic) bond motifs is 1. The number of amides is 1. The van der Waals surface area contributed by atoms with Crippen molar-refractivity contribution in [3.05, 3.63) is 84.3 Å². The van der Waals surface area contributed by atoms with Gasteiger partial charge in [0.1, 0.15) is 23.0 Å². The minimum Gasteiger partial charge on any atom is -0.309 e. The molecule has 164 valence electrons. The molecule has 0 unspecified atom stereocenters. The molecule has 0 atom stereocenters. The number of likely N-dealkylation sites (N-methyl/N-ethyl adjacent to an activating group) is 1. The van der Waals surface area contributed by atoms with Crippen molar-refractivity contribution in [2.75, 3.05) is 18.9 Å². The van der Waals surface area contributed by atoms with Crippen LogP contribution in [0.15, 0.2) is 77.8 Å². The molecule has 0 radical (unpaired) electrons. The average Bonchev–Trinajstić information content (AvgIpc) is 3.14. The van der Waals surface area contributed by atoms with Crippen LogP contribution < -0.4 is 5.32 Å². The van der Waals surface area contributed by atoms with Crippen LogP contribution in [-0.4, -0.2) is 41.6 Å². The molecule has 0 spiro atoms. The van der Waals surface area contributed by atoms with Crippen LogP contribution in [0.4, 0.5) is 10.2 Å². The molecular formula is C23H21FN4O3S. The van der Waals surface area contributed by atoms with Gasteiger partial charge in [0.25, 0.3) is 0 Å². The number of hydrogen-bond donors (Lipinski definition) is 1. The van der Waals surface area contributed by atoms with E-state index in [2.05, 4.69) is 5.32 Å². The van der Waals surface area contributed by atoms with E-state index in [-0.39, 0.29) is 4.90 Å². The second kappa shape index (κ2) is 8.52. The van der Waals surface area contributed by atoms with Gasteiger partial charge in [-0.05, 0) is 42.8 Å². The lowest BCUT2D eigenvalue weighted by atomic mass is 10.1. The van der Waals surface area contributed by atoms with Gasteiger partial charge in [0.15, 0.2) is 0 Å². The highest BCUT2D eigenvalue weighted by atomic mass is 32.2. The minimum atomic E-state index is -3.96. The zero-order valence-electron chi connectivity index (χ0n) is 17.5. The van der Waals surface area contributed by atoms with E-state index in [1.807, 2.05) is 49.4 Å². The average molecular weight is 453 g/mol. The summed E-state index contributed by atoms with van der Waals surface area (Å²) in [6.45, 7) is 1.50. The predicted octanol–water partition coefficient (Wildman–Crippen LogP) is 3.71. The number of hydrogen-bond acceptors (Lipinski definition) is 4. The zero-order chi connectivity index (χ0) is 22.9. The number of carbonyl (C=O) groups excluding carboxylic acids is 1. The van der Waals surface area contributed by atoms with Gasteiger partial charge in [-0.15, -0.1) is 0 Å². The van der Waals surface area contributed by atoms with Gasteiger partial charge < -0.3 is 5.32 Å². The molecule has 2 heterocycles. The van der Waals surface area contributed by atoms with Crippen LogP contribution >= 0.6 is 0 Å². The number of sulfonamides is 1. The molecule has 4 rings (SSSR count). The van der Waals surface area contributed by atoms with Crippen LogP contribution in [0.5, 0.6) is 0 Å². The van der Waals surface area contributed by atoms with Crippen molar-refractivity contribution in [2.24, 2.45) is 0 Å². The van der Waals surface area contributed by atoms with Gasteiger partial charge in [0.05, 0.1) is 11.4 Å². The molecule has 0 fully saturated rings. The number of imidazole rings is 1. The first-order valence-electron chi connectivity index (χ1n) is 9.82. The maximum absolute atomic E-state index is 13.2. The van der Waals surface area contributed by atoms with Crippen molar-refractivity contribution < 1.29 is 17.6 Å². The summed E-state index contributed by atoms with van der Waals surface area (Å²) in [5.41, 5.74) is 3.02. The molecule has 4 aromatic rings. The fourth-order valence-electron chi connectivity index (χ4n) is 3.37. The number of anilines is 1. The smallest absolute Gasteiger partial charge is 0.243 e. The Labute approximate surface area is 185 Å². The molecule has 0 aliphatic rings. The van der Waals surface area contributed by atoms with Crippen molar-refractivity contribution in [3.63, 3.8) is 0 Å². The fraction of sp³-hybridized carbons (Fsp3) is 0.130. The quantitative estimate of drug-likeness (QED) is 0.483. The lowest BCUT2D eigenvalue weighted by Gasteiger charge is -2.17. The van der Waals surface area contributed by atoms with E-state index in [1.165, 1.54) is 19.2 Å². The number of rotatable bonds is 6. The van der Waals surface area contributed by atoms with Crippen molar-refractivity contribution >= 4 is 27.4 Å². The van der Waals surface area contributed by atoms with E-state index < -0.39 is 28.3 Å². The zero-order valence-corrected chi connectivity index (χ0v) is 18.3. The van der Waals surface area contributed by atoms with Crippen LogP contribution in [0.3, 0.4) is 0 Å². The molecule has 0 aliphatic heterocycles. The van der Waals surface area contributed by atoms with Gasteiger partial charge in [-0.3, -0.25) is 9.20 Å². The lowest BCUT2D eigenvalue weighted by molar-refractivity contribution is -0.116. The molecule has 7 nitrogen and oxygen atoms in total. The second-order valence-electron chi connectivity index (χ2n) is 7.32. The Morgan fingerprint density at radius 1 is 1.06 bits per heavy atom. The third-order valence-corrected chi connectivity index (χ3v) is 6.86. The molecule has 0 aliphatic carbocycles. The molecule has 32 heavy (non-hydrogen) atoms. The molecule has 0 saturated heterocycles. The minimum absolute atomic E-state index is 0.0930. The number of halogens is 1. The highest BCUT2D eigenvalue weighted by Gasteiger charge is 2.24. The Hall–Kier alpha value is -3.56. The Bertz CT molecular complexity index is 1380. The van der Waals surface area contributed by atoms with E-state index in [1.54, 1.807) is 10.6 Å². The van der Waals surface area contributed by atoms with E-state index >= 15 is 0 Å². The van der Waals surface area contributed by atoms with Gasteiger partial charge in [-0.1, -0.05) is 36.4 Å². The maximum atomic E-state index is 13.2. The topological polar surface area (TPSA) is 83.8 Å². The standard InChI is InChI=1S/C23H21FN4O3S/c1-16-7-6-14-28-22(16)26-21(17-8-4-3-5-9-17)23(28)25-20(29)15-27(2)32(30,31)19-12-10-18(24)11-13-19/h3-14H,15H2,1-2H3,(H,25,29). The number of aryl methyl sites for hydroxylation is 1. The normalized spacial score (nSPS) is 11.8.